The Morgan fingerprint density at radius 2 is 2.06 bits per heavy atom. The fourth-order valence-electron chi connectivity index (χ4n) is 1.80. The number of halogens is 1. The molecule has 0 amide bonds. The van der Waals surface area contributed by atoms with E-state index in [0.717, 1.165) is 17.9 Å². The van der Waals surface area contributed by atoms with Gasteiger partial charge in [-0.2, -0.15) is 11.8 Å². The molecule has 1 N–H and O–H groups in total. The van der Waals surface area contributed by atoms with Gasteiger partial charge >= 0.3 is 5.69 Å². The summed E-state index contributed by atoms with van der Waals surface area (Å²) in [5, 5.41) is 0.166. The average molecular weight is 291 g/mol. The zero-order chi connectivity index (χ0) is 13.7. The van der Waals surface area contributed by atoms with Gasteiger partial charge in [-0.05, 0) is 31.3 Å². The number of nitrogens with one attached hydrogen (secondary N) is 1. The summed E-state index contributed by atoms with van der Waals surface area (Å²) in [5.74, 6) is 1.98. The summed E-state index contributed by atoms with van der Waals surface area (Å²) in [6.45, 7) is 5.83. The predicted molar refractivity (Wildman–Crippen MR) is 78.0 cm³/mol. The van der Waals surface area contributed by atoms with E-state index in [1.54, 1.807) is 11.8 Å². The van der Waals surface area contributed by atoms with E-state index in [1.165, 1.54) is 4.57 Å². The van der Waals surface area contributed by atoms with E-state index in [1.807, 2.05) is 13.8 Å². The van der Waals surface area contributed by atoms with Crippen LogP contribution >= 0.6 is 23.4 Å². The van der Waals surface area contributed by atoms with Crippen LogP contribution in [-0.4, -0.2) is 21.1 Å². The Kier molecular flexibility index (Phi) is 6.02. The zero-order valence-corrected chi connectivity index (χ0v) is 12.5. The van der Waals surface area contributed by atoms with Crippen LogP contribution in [0.4, 0.5) is 0 Å². The maximum atomic E-state index is 12.2. The van der Waals surface area contributed by atoms with Crippen molar-refractivity contribution in [2.75, 3.05) is 11.5 Å². The van der Waals surface area contributed by atoms with E-state index < -0.39 is 5.69 Å². The van der Waals surface area contributed by atoms with Crippen molar-refractivity contribution in [2.24, 2.45) is 0 Å². The number of hydrogen-bond acceptors (Lipinski definition) is 3. The molecule has 1 heterocycles. The molecule has 0 bridgehead atoms. The monoisotopic (exact) mass is 290 g/mol. The molecule has 1 aromatic rings. The molecule has 0 spiro atoms. The van der Waals surface area contributed by atoms with Gasteiger partial charge in [-0.1, -0.05) is 25.4 Å². The number of aromatic nitrogens is 2. The van der Waals surface area contributed by atoms with Gasteiger partial charge in [-0.3, -0.25) is 14.3 Å². The Hall–Kier alpha value is -0.680. The first-order chi connectivity index (χ1) is 8.52. The first kappa shape index (κ1) is 15.4. The zero-order valence-electron chi connectivity index (χ0n) is 11.0. The van der Waals surface area contributed by atoms with Gasteiger partial charge in [0.1, 0.15) is 5.15 Å². The van der Waals surface area contributed by atoms with E-state index >= 15 is 0 Å². The molecule has 4 nitrogen and oxygen atoms in total. The molecule has 0 aliphatic heterocycles. The van der Waals surface area contributed by atoms with E-state index in [4.69, 9.17) is 11.6 Å². The fraction of sp³-hybridized carbons (Fsp3) is 0.667. The molecule has 0 aromatic carbocycles. The first-order valence-electron chi connectivity index (χ1n) is 6.13. The van der Waals surface area contributed by atoms with E-state index in [9.17, 15) is 9.59 Å². The normalized spacial score (nSPS) is 12.7. The highest BCUT2D eigenvalue weighted by Gasteiger charge is 2.15. The minimum Gasteiger partial charge on any atom is -0.297 e. The highest BCUT2D eigenvalue weighted by molar-refractivity contribution is 7.99. The standard InChI is InChI=1S/C12H19ClN2O2S/c1-4-9-10(13)14-12(17)15(11(9)16)8(3)6-7-18-5-2/h8H,4-7H2,1-3H3,(H,14,17). The number of nitrogens with zero attached hydrogens (tertiary/aromatic N) is 1. The fourth-order valence-corrected chi connectivity index (χ4v) is 2.89. The number of H-pyrrole nitrogens is 1. The third-order valence-electron chi connectivity index (χ3n) is 2.86. The Bertz CT molecular complexity index is 510. The van der Waals surface area contributed by atoms with Crippen LogP contribution in [0.3, 0.4) is 0 Å². The Morgan fingerprint density at radius 3 is 2.61 bits per heavy atom. The van der Waals surface area contributed by atoms with Crippen LogP contribution in [0.2, 0.25) is 5.15 Å². The summed E-state index contributed by atoms with van der Waals surface area (Å²) in [6.07, 6.45) is 1.32. The first-order valence-corrected chi connectivity index (χ1v) is 7.67. The van der Waals surface area contributed by atoms with Gasteiger partial charge in [0.2, 0.25) is 0 Å². The van der Waals surface area contributed by atoms with Crippen LogP contribution in [0.15, 0.2) is 9.59 Å². The third-order valence-corrected chi connectivity index (χ3v) is 4.11. The lowest BCUT2D eigenvalue weighted by Gasteiger charge is -2.15. The van der Waals surface area contributed by atoms with Crippen LogP contribution < -0.4 is 11.2 Å². The molecule has 1 unspecified atom stereocenters. The van der Waals surface area contributed by atoms with Crippen LogP contribution in [0.5, 0.6) is 0 Å². The smallest absolute Gasteiger partial charge is 0.297 e. The minimum atomic E-state index is -0.420. The number of hydrogen-bond donors (Lipinski definition) is 1. The van der Waals surface area contributed by atoms with Gasteiger partial charge in [0, 0.05) is 6.04 Å². The quantitative estimate of drug-likeness (QED) is 0.647. The summed E-state index contributed by atoms with van der Waals surface area (Å²) in [6, 6.07) is -0.108. The van der Waals surface area contributed by atoms with Crippen molar-refractivity contribution >= 4 is 23.4 Å². The third kappa shape index (κ3) is 3.42. The van der Waals surface area contributed by atoms with Crippen molar-refractivity contribution in [1.82, 2.24) is 9.55 Å². The second-order valence-corrected chi connectivity index (χ2v) is 5.86. The molecule has 0 aliphatic rings. The largest absolute Gasteiger partial charge is 0.329 e. The molecule has 1 aromatic heterocycles. The maximum Gasteiger partial charge on any atom is 0.329 e. The van der Waals surface area contributed by atoms with Crippen LogP contribution in [0.25, 0.3) is 0 Å². The molecular weight excluding hydrogens is 272 g/mol. The van der Waals surface area contributed by atoms with Crippen molar-refractivity contribution in [3.8, 4) is 0 Å². The van der Waals surface area contributed by atoms with Gasteiger partial charge in [0.25, 0.3) is 5.56 Å². The van der Waals surface area contributed by atoms with Crippen molar-refractivity contribution in [3.05, 3.63) is 31.6 Å². The highest BCUT2D eigenvalue weighted by atomic mass is 35.5. The van der Waals surface area contributed by atoms with E-state index in [0.29, 0.717) is 12.0 Å². The van der Waals surface area contributed by atoms with Gasteiger partial charge in [0.15, 0.2) is 0 Å². The second-order valence-electron chi connectivity index (χ2n) is 4.09. The Labute approximate surface area is 116 Å². The van der Waals surface area contributed by atoms with Gasteiger partial charge < -0.3 is 0 Å². The SMILES string of the molecule is CCSCCC(C)n1c(=O)[nH]c(Cl)c(CC)c1=O. The maximum absolute atomic E-state index is 12.2. The molecule has 0 fully saturated rings. The molecule has 0 radical (unpaired) electrons. The second kappa shape index (κ2) is 7.04. The molecule has 0 saturated carbocycles. The molecular formula is C12H19ClN2O2S. The molecule has 1 rings (SSSR count). The molecule has 6 heteroatoms. The number of rotatable bonds is 6. The molecule has 0 saturated heterocycles. The summed E-state index contributed by atoms with van der Waals surface area (Å²) in [7, 11) is 0. The minimum absolute atomic E-state index is 0.108. The lowest BCUT2D eigenvalue weighted by atomic mass is 10.2. The lowest BCUT2D eigenvalue weighted by molar-refractivity contribution is 0.489. The summed E-state index contributed by atoms with van der Waals surface area (Å²) in [5.41, 5.74) is -0.206. The number of thioether (sulfide) groups is 1. The summed E-state index contributed by atoms with van der Waals surface area (Å²) >= 11 is 7.67. The highest BCUT2D eigenvalue weighted by Crippen LogP contribution is 2.13. The Morgan fingerprint density at radius 1 is 1.39 bits per heavy atom. The summed E-state index contributed by atoms with van der Waals surface area (Å²) in [4.78, 5) is 26.5. The van der Waals surface area contributed by atoms with Gasteiger partial charge in [-0.25, -0.2) is 4.79 Å². The molecule has 18 heavy (non-hydrogen) atoms. The van der Waals surface area contributed by atoms with E-state index in [2.05, 4.69) is 11.9 Å². The molecule has 0 aliphatic carbocycles. The Balaban J connectivity index is 3.09. The van der Waals surface area contributed by atoms with Crippen molar-refractivity contribution in [2.45, 2.75) is 39.7 Å². The van der Waals surface area contributed by atoms with E-state index in [-0.39, 0.29) is 16.8 Å². The topological polar surface area (TPSA) is 54.9 Å². The van der Waals surface area contributed by atoms with Crippen molar-refractivity contribution < 1.29 is 0 Å². The van der Waals surface area contributed by atoms with Crippen LogP contribution in [0, 0.1) is 0 Å². The molecule has 102 valence electrons. The predicted octanol–water partition coefficient (Wildman–Crippen LogP) is 2.46. The molecule has 1 atom stereocenters. The van der Waals surface area contributed by atoms with Gasteiger partial charge in [-0.15, -0.1) is 0 Å². The van der Waals surface area contributed by atoms with Crippen molar-refractivity contribution in [3.63, 3.8) is 0 Å². The average Bonchev–Trinajstić information content (AvgIpc) is 2.29. The van der Waals surface area contributed by atoms with Crippen molar-refractivity contribution in [1.29, 1.82) is 0 Å². The van der Waals surface area contributed by atoms with Crippen LogP contribution in [-0.2, 0) is 6.42 Å². The lowest BCUT2D eigenvalue weighted by Crippen LogP contribution is -2.39. The van der Waals surface area contributed by atoms with Crippen LogP contribution in [0.1, 0.15) is 38.8 Å². The number of aromatic amines is 1. The van der Waals surface area contributed by atoms with Gasteiger partial charge in [0.05, 0.1) is 5.56 Å². The summed E-state index contributed by atoms with van der Waals surface area (Å²) < 4.78 is 1.28.